The van der Waals surface area contributed by atoms with Crippen molar-refractivity contribution in [2.75, 3.05) is 0 Å². The zero-order valence-corrected chi connectivity index (χ0v) is 11.3. The predicted octanol–water partition coefficient (Wildman–Crippen LogP) is 4.35. The normalized spacial score (nSPS) is 10.3. The maximum atomic E-state index is 5.82. The molecule has 0 amide bonds. The molecule has 0 aromatic heterocycles. The molecule has 0 aliphatic heterocycles. The van der Waals surface area contributed by atoms with Crippen LogP contribution in [0.25, 0.3) is 0 Å². The molecule has 2 aromatic carbocycles. The van der Waals surface area contributed by atoms with E-state index >= 15 is 0 Å². The Morgan fingerprint density at radius 1 is 1.12 bits per heavy atom. The van der Waals surface area contributed by atoms with Gasteiger partial charge in [-0.1, -0.05) is 33.6 Å². The van der Waals surface area contributed by atoms with Gasteiger partial charge >= 0.3 is 0 Å². The first-order chi connectivity index (χ1) is 8.19. The van der Waals surface area contributed by atoms with Crippen molar-refractivity contribution in [3.63, 3.8) is 0 Å². The van der Waals surface area contributed by atoms with Gasteiger partial charge in [0.2, 0.25) is 0 Å². The minimum absolute atomic E-state index is 0.441. The minimum Gasteiger partial charge on any atom is -0.457 e. The number of rotatable bonds is 3. The van der Waals surface area contributed by atoms with Gasteiger partial charge in [-0.15, -0.1) is 0 Å². The van der Waals surface area contributed by atoms with Crippen LogP contribution in [0.2, 0.25) is 5.02 Å². The molecule has 0 radical (unpaired) electrons. The lowest BCUT2D eigenvalue weighted by Gasteiger charge is -2.10. The predicted molar refractivity (Wildman–Crippen MR) is 73.6 cm³/mol. The maximum absolute atomic E-state index is 5.82. The second kappa shape index (κ2) is 5.54. The topological polar surface area (TPSA) is 35.2 Å². The van der Waals surface area contributed by atoms with Crippen LogP contribution in [0.5, 0.6) is 11.5 Å². The van der Waals surface area contributed by atoms with Crippen LogP contribution >= 0.6 is 27.5 Å². The third-order valence-electron chi connectivity index (χ3n) is 2.29. The number of ether oxygens (including phenoxy) is 1. The van der Waals surface area contributed by atoms with Gasteiger partial charge in [-0.05, 0) is 36.4 Å². The van der Waals surface area contributed by atoms with Gasteiger partial charge in [-0.2, -0.15) is 0 Å². The summed E-state index contributed by atoms with van der Waals surface area (Å²) in [4.78, 5) is 0. The van der Waals surface area contributed by atoms with Crippen molar-refractivity contribution in [1.29, 1.82) is 0 Å². The van der Waals surface area contributed by atoms with E-state index < -0.39 is 0 Å². The maximum Gasteiger partial charge on any atom is 0.133 e. The van der Waals surface area contributed by atoms with E-state index in [1.54, 1.807) is 12.1 Å². The molecular weight excluding hydrogens is 302 g/mol. The number of halogens is 2. The van der Waals surface area contributed by atoms with E-state index in [-0.39, 0.29) is 0 Å². The Balaban J connectivity index is 2.28. The summed E-state index contributed by atoms with van der Waals surface area (Å²) in [6, 6.07) is 13.0. The van der Waals surface area contributed by atoms with E-state index in [9.17, 15) is 0 Å². The van der Waals surface area contributed by atoms with E-state index in [4.69, 9.17) is 22.1 Å². The molecule has 0 saturated heterocycles. The first kappa shape index (κ1) is 12.4. The van der Waals surface area contributed by atoms with E-state index in [0.29, 0.717) is 11.6 Å². The molecule has 0 atom stereocenters. The fourth-order valence-electron chi connectivity index (χ4n) is 1.42. The van der Waals surface area contributed by atoms with Gasteiger partial charge in [0.1, 0.15) is 11.5 Å². The average molecular weight is 313 g/mol. The summed E-state index contributed by atoms with van der Waals surface area (Å²) >= 11 is 9.22. The highest BCUT2D eigenvalue weighted by Gasteiger charge is 2.04. The monoisotopic (exact) mass is 311 g/mol. The highest BCUT2D eigenvalue weighted by molar-refractivity contribution is 9.10. The zero-order chi connectivity index (χ0) is 12.3. The second-order valence-electron chi connectivity index (χ2n) is 3.51. The fraction of sp³-hybridized carbons (Fsp3) is 0.0769. The number of benzene rings is 2. The molecule has 0 aliphatic carbocycles. The van der Waals surface area contributed by atoms with E-state index in [1.807, 2.05) is 30.3 Å². The summed E-state index contributed by atoms with van der Waals surface area (Å²) in [5.74, 6) is 1.49. The molecule has 4 heteroatoms. The Morgan fingerprint density at radius 3 is 2.47 bits per heavy atom. The molecule has 0 aliphatic rings. The first-order valence-corrected chi connectivity index (χ1v) is 6.28. The van der Waals surface area contributed by atoms with Crippen molar-refractivity contribution < 1.29 is 4.74 Å². The van der Waals surface area contributed by atoms with Gasteiger partial charge in [-0.25, -0.2) is 0 Å². The smallest absolute Gasteiger partial charge is 0.133 e. The molecule has 17 heavy (non-hydrogen) atoms. The number of hydrogen-bond acceptors (Lipinski definition) is 2. The van der Waals surface area contributed by atoms with Crippen molar-refractivity contribution >= 4 is 27.5 Å². The summed E-state index contributed by atoms with van der Waals surface area (Å²) in [5, 5.41) is 0.686. The Kier molecular flexibility index (Phi) is 4.05. The van der Waals surface area contributed by atoms with Crippen molar-refractivity contribution in [1.82, 2.24) is 0 Å². The summed E-state index contributed by atoms with van der Waals surface area (Å²) < 4.78 is 6.72. The quantitative estimate of drug-likeness (QED) is 0.914. The zero-order valence-electron chi connectivity index (χ0n) is 8.99. The highest BCUT2D eigenvalue weighted by Crippen LogP contribution is 2.29. The van der Waals surface area contributed by atoms with Crippen molar-refractivity contribution in [3.8, 4) is 11.5 Å². The van der Waals surface area contributed by atoms with Crippen LogP contribution in [0.3, 0.4) is 0 Å². The molecule has 88 valence electrons. The summed E-state index contributed by atoms with van der Waals surface area (Å²) in [5.41, 5.74) is 6.62. The Labute approximate surface area is 113 Å². The van der Waals surface area contributed by atoms with Crippen molar-refractivity contribution in [3.05, 3.63) is 57.5 Å². The second-order valence-corrected chi connectivity index (χ2v) is 4.86. The van der Waals surface area contributed by atoms with Gasteiger partial charge in [-0.3, -0.25) is 0 Å². The molecular formula is C13H11BrClNO. The van der Waals surface area contributed by atoms with Gasteiger partial charge < -0.3 is 10.5 Å². The Bertz CT molecular complexity index is 513. The van der Waals surface area contributed by atoms with Crippen LogP contribution in [0.15, 0.2) is 46.9 Å². The molecule has 2 rings (SSSR count). The van der Waals surface area contributed by atoms with Crippen LogP contribution in [0.4, 0.5) is 0 Å². The molecule has 0 spiro atoms. The SMILES string of the molecule is NCc1ccc(Br)cc1Oc1ccc(Cl)cc1. The summed E-state index contributed by atoms with van der Waals surface area (Å²) in [7, 11) is 0. The lowest BCUT2D eigenvalue weighted by molar-refractivity contribution is 0.476. The molecule has 0 saturated carbocycles. The third-order valence-corrected chi connectivity index (χ3v) is 3.04. The van der Waals surface area contributed by atoms with E-state index in [0.717, 1.165) is 21.5 Å². The van der Waals surface area contributed by atoms with Gasteiger partial charge in [0, 0.05) is 21.6 Å². The van der Waals surface area contributed by atoms with Crippen LogP contribution in [-0.2, 0) is 6.54 Å². The number of hydrogen-bond donors (Lipinski definition) is 1. The van der Waals surface area contributed by atoms with Crippen molar-refractivity contribution in [2.24, 2.45) is 5.73 Å². The van der Waals surface area contributed by atoms with Crippen molar-refractivity contribution in [2.45, 2.75) is 6.54 Å². The molecule has 2 N–H and O–H groups in total. The molecule has 0 unspecified atom stereocenters. The van der Waals surface area contributed by atoms with Crippen LogP contribution < -0.4 is 10.5 Å². The third kappa shape index (κ3) is 3.22. The standard InChI is InChI=1S/C13H11BrClNO/c14-10-2-1-9(8-16)13(7-10)17-12-5-3-11(15)4-6-12/h1-7H,8,16H2. The van der Waals surface area contributed by atoms with E-state index in [2.05, 4.69) is 15.9 Å². The number of nitrogens with two attached hydrogens (primary N) is 1. The minimum atomic E-state index is 0.441. The molecule has 0 heterocycles. The van der Waals surface area contributed by atoms with Crippen LogP contribution in [0.1, 0.15) is 5.56 Å². The summed E-state index contributed by atoms with van der Waals surface area (Å²) in [6.45, 7) is 0.441. The fourth-order valence-corrected chi connectivity index (χ4v) is 1.89. The van der Waals surface area contributed by atoms with Crippen LogP contribution in [-0.4, -0.2) is 0 Å². The van der Waals surface area contributed by atoms with Crippen LogP contribution in [0, 0.1) is 0 Å². The Morgan fingerprint density at radius 2 is 1.82 bits per heavy atom. The van der Waals surface area contributed by atoms with Gasteiger partial charge in [0.05, 0.1) is 0 Å². The lowest BCUT2D eigenvalue weighted by atomic mass is 10.2. The molecule has 2 nitrogen and oxygen atoms in total. The lowest BCUT2D eigenvalue weighted by Crippen LogP contribution is -1.99. The van der Waals surface area contributed by atoms with Gasteiger partial charge in [0.25, 0.3) is 0 Å². The van der Waals surface area contributed by atoms with E-state index in [1.165, 1.54) is 0 Å². The molecule has 0 bridgehead atoms. The average Bonchev–Trinajstić information content (AvgIpc) is 2.32. The Hall–Kier alpha value is -1.03. The molecule has 2 aromatic rings. The molecule has 0 fully saturated rings. The van der Waals surface area contributed by atoms with Gasteiger partial charge in [0.15, 0.2) is 0 Å². The summed E-state index contributed by atoms with van der Waals surface area (Å²) in [6.07, 6.45) is 0. The largest absolute Gasteiger partial charge is 0.457 e. The first-order valence-electron chi connectivity index (χ1n) is 5.11. The highest BCUT2D eigenvalue weighted by atomic mass is 79.9.